The number of carbonyl (C=O) groups is 1. The number of piperidine rings is 1. The molecular weight excluding hydrogens is 466 g/mol. The molecule has 0 unspecified atom stereocenters. The number of alkyl halides is 3. The van der Waals surface area contributed by atoms with Gasteiger partial charge in [0, 0.05) is 30.4 Å². The van der Waals surface area contributed by atoms with Crippen LogP contribution < -0.4 is 10.5 Å². The first-order valence-electron chi connectivity index (χ1n) is 10.7. The van der Waals surface area contributed by atoms with Crippen LogP contribution >= 0.6 is 0 Å². The fourth-order valence-electron chi connectivity index (χ4n) is 4.09. The molecule has 1 amide bonds. The van der Waals surface area contributed by atoms with Gasteiger partial charge in [-0.15, -0.1) is 0 Å². The summed E-state index contributed by atoms with van der Waals surface area (Å²) in [5, 5.41) is 0. The third-order valence-corrected chi connectivity index (χ3v) is 5.75. The van der Waals surface area contributed by atoms with Gasteiger partial charge in [-0.1, -0.05) is 12.1 Å². The Hall–Kier alpha value is -3.91. The van der Waals surface area contributed by atoms with E-state index < -0.39 is 29.3 Å². The maximum atomic E-state index is 14.5. The smallest absolute Gasteiger partial charge is 0.434 e. The molecular formula is C24H21F4N5O2. The van der Waals surface area contributed by atoms with E-state index in [9.17, 15) is 22.4 Å². The average molecular weight is 487 g/mol. The molecule has 2 aromatic carbocycles. The molecule has 35 heavy (non-hydrogen) atoms. The van der Waals surface area contributed by atoms with E-state index >= 15 is 0 Å². The molecule has 182 valence electrons. The van der Waals surface area contributed by atoms with E-state index in [0.717, 1.165) is 16.7 Å². The minimum atomic E-state index is -4.97. The second-order valence-corrected chi connectivity index (χ2v) is 8.10. The summed E-state index contributed by atoms with van der Waals surface area (Å²) in [6.07, 6.45) is -3.75. The Balaban J connectivity index is 1.97. The second-order valence-electron chi connectivity index (χ2n) is 8.10. The van der Waals surface area contributed by atoms with E-state index in [-0.39, 0.29) is 41.9 Å². The number of nitrogens with zero attached hydrogens (tertiary/aromatic N) is 4. The maximum Gasteiger partial charge on any atom is 0.434 e. The lowest BCUT2D eigenvalue weighted by molar-refractivity contribution is -0.142. The second kappa shape index (κ2) is 9.38. The Morgan fingerprint density at radius 1 is 1.23 bits per heavy atom. The van der Waals surface area contributed by atoms with Gasteiger partial charge in [-0.05, 0) is 43.2 Å². The molecule has 0 spiro atoms. The van der Waals surface area contributed by atoms with Crippen molar-refractivity contribution in [2.24, 2.45) is 5.73 Å². The molecule has 0 radical (unpaired) electrons. The molecule has 11 heteroatoms. The van der Waals surface area contributed by atoms with Crippen LogP contribution in [0.1, 0.15) is 29.0 Å². The van der Waals surface area contributed by atoms with Crippen LogP contribution in [0.3, 0.4) is 0 Å². The van der Waals surface area contributed by atoms with Gasteiger partial charge in [0.25, 0.3) is 5.91 Å². The largest absolute Gasteiger partial charge is 0.497 e. The Morgan fingerprint density at radius 2 is 1.94 bits per heavy atom. The summed E-state index contributed by atoms with van der Waals surface area (Å²) >= 11 is 0. The third kappa shape index (κ3) is 4.70. The molecule has 2 heterocycles. The number of rotatable bonds is 4. The van der Waals surface area contributed by atoms with Gasteiger partial charge in [-0.2, -0.15) is 13.2 Å². The fraction of sp³-hybridized carbons (Fsp3) is 0.292. The van der Waals surface area contributed by atoms with Crippen molar-refractivity contribution in [3.8, 4) is 22.8 Å². The first kappa shape index (κ1) is 24.2. The summed E-state index contributed by atoms with van der Waals surface area (Å²) < 4.78 is 63.7. The fourth-order valence-corrected chi connectivity index (χ4v) is 4.09. The molecule has 1 fully saturated rings. The van der Waals surface area contributed by atoms with Gasteiger partial charge < -0.3 is 15.4 Å². The Labute approximate surface area is 198 Å². The Kier molecular flexibility index (Phi) is 6.49. The number of ether oxygens (including phenoxy) is 1. The molecule has 0 saturated carbocycles. The van der Waals surface area contributed by atoms with Gasteiger partial charge >= 0.3 is 6.18 Å². The predicted octanol–water partition coefficient (Wildman–Crippen LogP) is 4.82. The number of aromatic nitrogens is 2. The van der Waals surface area contributed by atoms with Gasteiger partial charge in [-0.25, -0.2) is 14.2 Å². The van der Waals surface area contributed by atoms with Crippen LogP contribution in [0.5, 0.6) is 5.75 Å². The number of hydrogen-bond donors (Lipinski definition) is 1. The van der Waals surface area contributed by atoms with Gasteiger partial charge in [-0.3, -0.25) is 9.36 Å². The summed E-state index contributed by atoms with van der Waals surface area (Å²) in [7, 11) is 1.42. The first-order valence-corrected chi connectivity index (χ1v) is 10.7. The van der Waals surface area contributed by atoms with Gasteiger partial charge in [0.05, 0.1) is 13.7 Å². The zero-order valence-corrected chi connectivity index (χ0v) is 18.6. The number of halogens is 4. The Bertz CT molecular complexity index is 1290. The maximum absolute atomic E-state index is 14.5. The zero-order chi connectivity index (χ0) is 25.3. The van der Waals surface area contributed by atoms with Crippen molar-refractivity contribution < 1.29 is 27.1 Å². The van der Waals surface area contributed by atoms with Crippen molar-refractivity contribution in [2.75, 3.05) is 20.2 Å². The molecule has 0 bridgehead atoms. The van der Waals surface area contributed by atoms with E-state index in [1.165, 1.54) is 42.3 Å². The van der Waals surface area contributed by atoms with Gasteiger partial charge in [0.2, 0.25) is 5.69 Å². The van der Waals surface area contributed by atoms with Crippen LogP contribution in [0.15, 0.2) is 42.5 Å². The lowest BCUT2D eigenvalue weighted by Gasteiger charge is -2.30. The van der Waals surface area contributed by atoms with Crippen molar-refractivity contribution in [2.45, 2.75) is 25.1 Å². The van der Waals surface area contributed by atoms with Crippen LogP contribution in [-0.2, 0) is 6.18 Å². The van der Waals surface area contributed by atoms with E-state index in [2.05, 4.69) is 9.83 Å². The highest BCUT2D eigenvalue weighted by Gasteiger charge is 2.44. The van der Waals surface area contributed by atoms with Crippen molar-refractivity contribution >= 4 is 11.6 Å². The number of methoxy groups -OCH3 is 1. The van der Waals surface area contributed by atoms with Crippen molar-refractivity contribution in [3.05, 3.63) is 71.1 Å². The number of amides is 1. The number of benzene rings is 2. The molecule has 4 rings (SSSR count). The molecule has 2 N–H and O–H groups in total. The van der Waals surface area contributed by atoms with E-state index in [4.69, 9.17) is 17.0 Å². The zero-order valence-electron chi connectivity index (χ0n) is 18.6. The monoisotopic (exact) mass is 487 g/mol. The summed E-state index contributed by atoms with van der Waals surface area (Å²) in [4.78, 5) is 21.7. The number of imidazole rings is 1. The molecule has 1 saturated heterocycles. The normalized spacial score (nSPS) is 16.1. The predicted molar refractivity (Wildman–Crippen MR) is 120 cm³/mol. The SMILES string of the molecule is [C-]#[N+]c1ccc(-c2nc(C(=O)N3CCC[C@@H](N)C3)c(C(F)(F)F)n2-c2ccc(OC)cc2)cc1F. The lowest BCUT2D eigenvalue weighted by atomic mass is 10.1. The van der Waals surface area contributed by atoms with Crippen LogP contribution in [-0.4, -0.2) is 46.6 Å². The lowest BCUT2D eigenvalue weighted by Crippen LogP contribution is -2.46. The average Bonchev–Trinajstić information content (AvgIpc) is 3.25. The van der Waals surface area contributed by atoms with Gasteiger partial charge in [0.1, 0.15) is 17.4 Å². The number of nitrogens with two attached hydrogens (primary N) is 1. The highest BCUT2D eigenvalue weighted by molar-refractivity contribution is 5.95. The number of likely N-dealkylation sites (tertiary alicyclic amines) is 1. The molecule has 1 aliphatic heterocycles. The standard InChI is InChI=1S/C24H21F4N5O2/c1-30-19-10-5-14(12-18(19)25)22-31-20(23(34)32-11-3-4-15(29)13-32)21(24(26,27)28)33(22)16-6-8-17(35-2)9-7-16/h5-10,12,15H,3-4,11,13,29H2,2H3/t15-/m1/s1. The summed E-state index contributed by atoms with van der Waals surface area (Å²) in [5.74, 6) is -1.69. The summed E-state index contributed by atoms with van der Waals surface area (Å²) in [6, 6.07) is 8.73. The van der Waals surface area contributed by atoms with E-state index in [1.807, 2.05) is 0 Å². The van der Waals surface area contributed by atoms with Crippen LogP contribution in [0.25, 0.3) is 21.9 Å². The minimum Gasteiger partial charge on any atom is -0.497 e. The van der Waals surface area contributed by atoms with E-state index in [1.54, 1.807) is 0 Å². The van der Waals surface area contributed by atoms with E-state index in [0.29, 0.717) is 18.6 Å². The number of carbonyl (C=O) groups excluding carboxylic acids is 1. The van der Waals surface area contributed by atoms with Gasteiger partial charge in [0.15, 0.2) is 11.4 Å². The highest BCUT2D eigenvalue weighted by atomic mass is 19.4. The third-order valence-electron chi connectivity index (χ3n) is 5.75. The molecule has 1 aliphatic rings. The Morgan fingerprint density at radius 3 is 2.51 bits per heavy atom. The topological polar surface area (TPSA) is 77.7 Å². The highest BCUT2D eigenvalue weighted by Crippen LogP contribution is 2.39. The first-order chi connectivity index (χ1) is 16.6. The molecule has 1 aromatic heterocycles. The summed E-state index contributed by atoms with van der Waals surface area (Å²) in [5.41, 5.74) is 3.59. The van der Waals surface area contributed by atoms with Crippen LogP contribution in [0, 0.1) is 12.4 Å². The summed E-state index contributed by atoms with van der Waals surface area (Å²) in [6.45, 7) is 7.38. The quantitative estimate of drug-likeness (QED) is 0.423. The number of hydrogen-bond acceptors (Lipinski definition) is 4. The van der Waals surface area contributed by atoms with Crippen molar-refractivity contribution in [1.82, 2.24) is 14.5 Å². The van der Waals surface area contributed by atoms with Crippen molar-refractivity contribution in [1.29, 1.82) is 0 Å². The van der Waals surface area contributed by atoms with Crippen molar-refractivity contribution in [3.63, 3.8) is 0 Å². The van der Waals surface area contributed by atoms with Crippen LogP contribution in [0.4, 0.5) is 23.2 Å². The minimum absolute atomic E-state index is 0.0226. The molecule has 7 nitrogen and oxygen atoms in total. The molecule has 1 atom stereocenters. The molecule has 3 aromatic rings. The van der Waals surface area contributed by atoms with Crippen LogP contribution in [0.2, 0.25) is 0 Å². The molecule has 0 aliphatic carbocycles.